The molecule has 0 aliphatic carbocycles. The summed E-state index contributed by atoms with van der Waals surface area (Å²) < 4.78 is 7.26. The smallest absolute Gasteiger partial charge is 0.248 e. The Morgan fingerprint density at radius 2 is 1.86 bits per heavy atom. The van der Waals surface area contributed by atoms with Gasteiger partial charge in [0, 0.05) is 16.8 Å². The topological polar surface area (TPSA) is 90.4 Å². The van der Waals surface area contributed by atoms with E-state index in [9.17, 15) is 9.90 Å². The van der Waals surface area contributed by atoms with Gasteiger partial charge in [0.05, 0.1) is 18.1 Å². The molecule has 0 bridgehead atoms. The minimum absolute atomic E-state index is 0.424. The molecule has 1 atom stereocenters. The highest BCUT2D eigenvalue weighted by Gasteiger charge is 2.15. The molecule has 1 aromatic heterocycles. The number of rotatable bonds is 5. The molecule has 4 rings (SSSR count). The summed E-state index contributed by atoms with van der Waals surface area (Å²) in [5.74, 6) is 0.163. The monoisotopic (exact) mass is 373 g/mol. The van der Waals surface area contributed by atoms with Gasteiger partial charge in [0.25, 0.3) is 0 Å². The highest BCUT2D eigenvalue weighted by atomic mass is 16.5. The van der Waals surface area contributed by atoms with E-state index in [1.807, 2.05) is 59.2 Å². The number of carbonyl (C=O) groups is 1. The normalized spacial score (nSPS) is 12.1. The van der Waals surface area contributed by atoms with Crippen LogP contribution in [0.5, 0.6) is 5.75 Å². The Labute approximate surface area is 161 Å². The Morgan fingerprint density at radius 3 is 2.57 bits per heavy atom. The molecule has 28 heavy (non-hydrogen) atoms. The van der Waals surface area contributed by atoms with E-state index in [0.29, 0.717) is 22.4 Å². The lowest BCUT2D eigenvalue weighted by molar-refractivity contribution is 0.100. The zero-order valence-corrected chi connectivity index (χ0v) is 15.2. The molecule has 0 spiro atoms. The van der Waals surface area contributed by atoms with E-state index in [0.717, 1.165) is 16.8 Å². The number of aromatic nitrogens is 2. The molecule has 6 heteroatoms. The average molecular weight is 373 g/mol. The average Bonchev–Trinajstić information content (AvgIpc) is 3.16. The number of aliphatic hydroxyl groups excluding tert-OH is 1. The third-order valence-corrected chi connectivity index (χ3v) is 4.75. The van der Waals surface area contributed by atoms with Crippen molar-refractivity contribution in [1.82, 2.24) is 9.55 Å². The van der Waals surface area contributed by atoms with E-state index in [2.05, 4.69) is 4.98 Å². The number of primary amides is 1. The zero-order chi connectivity index (χ0) is 19.7. The molecule has 0 radical (unpaired) electrons. The van der Waals surface area contributed by atoms with Crippen LogP contribution < -0.4 is 10.5 Å². The number of para-hydroxylation sites is 1. The number of benzene rings is 3. The minimum atomic E-state index is -0.789. The van der Waals surface area contributed by atoms with Crippen LogP contribution in [0, 0.1) is 0 Å². The molecule has 0 aliphatic rings. The van der Waals surface area contributed by atoms with Crippen molar-refractivity contribution in [3.05, 3.63) is 89.7 Å². The van der Waals surface area contributed by atoms with E-state index in [-0.39, 0.29) is 0 Å². The minimum Gasteiger partial charge on any atom is -0.496 e. The number of aliphatic hydroxyl groups is 1. The predicted molar refractivity (Wildman–Crippen MR) is 107 cm³/mol. The van der Waals surface area contributed by atoms with Crippen LogP contribution in [0.15, 0.2) is 73.1 Å². The lowest BCUT2D eigenvalue weighted by Gasteiger charge is -2.15. The molecule has 1 heterocycles. The van der Waals surface area contributed by atoms with Crippen molar-refractivity contribution in [2.45, 2.75) is 6.10 Å². The van der Waals surface area contributed by atoms with Gasteiger partial charge in [0.1, 0.15) is 18.2 Å². The van der Waals surface area contributed by atoms with Crippen LogP contribution in [0.25, 0.3) is 16.7 Å². The quantitative estimate of drug-likeness (QED) is 0.562. The number of fused-ring (bicyclic) bond motifs is 1. The van der Waals surface area contributed by atoms with Crippen LogP contribution >= 0.6 is 0 Å². The number of imidazole rings is 1. The van der Waals surface area contributed by atoms with Crippen molar-refractivity contribution in [2.24, 2.45) is 5.73 Å². The van der Waals surface area contributed by atoms with E-state index in [1.165, 1.54) is 0 Å². The van der Waals surface area contributed by atoms with Gasteiger partial charge in [-0.05, 0) is 42.0 Å². The van der Waals surface area contributed by atoms with Crippen molar-refractivity contribution >= 4 is 16.9 Å². The number of nitrogens with two attached hydrogens (primary N) is 1. The number of ether oxygens (including phenoxy) is 1. The number of nitrogens with zero attached hydrogens (tertiary/aromatic N) is 2. The summed E-state index contributed by atoms with van der Waals surface area (Å²) >= 11 is 0. The summed E-state index contributed by atoms with van der Waals surface area (Å²) in [4.78, 5) is 15.7. The van der Waals surface area contributed by atoms with Gasteiger partial charge >= 0.3 is 0 Å². The Bertz CT molecular complexity index is 1150. The number of methoxy groups -OCH3 is 1. The second-order valence-corrected chi connectivity index (χ2v) is 6.42. The predicted octanol–water partition coefficient (Wildman–Crippen LogP) is 3.21. The van der Waals surface area contributed by atoms with E-state index < -0.39 is 12.0 Å². The van der Waals surface area contributed by atoms with Crippen molar-refractivity contribution in [1.29, 1.82) is 0 Å². The van der Waals surface area contributed by atoms with E-state index >= 15 is 0 Å². The Hall–Kier alpha value is -3.64. The van der Waals surface area contributed by atoms with Crippen LogP contribution in [0.1, 0.15) is 27.6 Å². The Kier molecular flexibility index (Phi) is 4.55. The molecule has 6 nitrogen and oxygen atoms in total. The molecule has 1 unspecified atom stereocenters. The van der Waals surface area contributed by atoms with Crippen molar-refractivity contribution < 1.29 is 14.6 Å². The Morgan fingerprint density at radius 1 is 1.11 bits per heavy atom. The van der Waals surface area contributed by atoms with Gasteiger partial charge < -0.3 is 15.6 Å². The first kappa shape index (κ1) is 17.8. The van der Waals surface area contributed by atoms with E-state index in [1.54, 1.807) is 25.6 Å². The third-order valence-electron chi connectivity index (χ3n) is 4.75. The van der Waals surface area contributed by atoms with Crippen LogP contribution in [0.2, 0.25) is 0 Å². The largest absolute Gasteiger partial charge is 0.496 e. The second-order valence-electron chi connectivity index (χ2n) is 6.42. The van der Waals surface area contributed by atoms with Crippen LogP contribution in [-0.4, -0.2) is 27.7 Å². The van der Waals surface area contributed by atoms with Gasteiger partial charge in [-0.15, -0.1) is 0 Å². The van der Waals surface area contributed by atoms with Crippen molar-refractivity contribution in [3.63, 3.8) is 0 Å². The van der Waals surface area contributed by atoms with Gasteiger partial charge in [0.2, 0.25) is 5.91 Å². The maximum atomic E-state index is 11.3. The van der Waals surface area contributed by atoms with Gasteiger partial charge in [0.15, 0.2) is 0 Å². The molecule has 0 aliphatic heterocycles. The van der Waals surface area contributed by atoms with Gasteiger partial charge in [-0.2, -0.15) is 0 Å². The fourth-order valence-corrected chi connectivity index (χ4v) is 3.26. The fraction of sp³-hybridized carbons (Fsp3) is 0.0909. The number of carbonyl (C=O) groups excluding carboxylic acids is 1. The highest BCUT2D eigenvalue weighted by Crippen LogP contribution is 2.30. The molecule has 3 aromatic carbocycles. The summed E-state index contributed by atoms with van der Waals surface area (Å²) in [5.41, 5.74) is 9.67. The maximum Gasteiger partial charge on any atom is 0.248 e. The highest BCUT2D eigenvalue weighted by molar-refractivity contribution is 5.96. The molecular weight excluding hydrogens is 354 g/mol. The lowest BCUT2D eigenvalue weighted by atomic mass is 10.0. The molecule has 1 amide bonds. The summed E-state index contributed by atoms with van der Waals surface area (Å²) in [6.07, 6.45) is 0.907. The Balaban J connectivity index is 1.67. The van der Waals surface area contributed by atoms with Crippen molar-refractivity contribution in [2.75, 3.05) is 7.11 Å². The standard InChI is InChI=1S/C22H19N3O3/c1-28-20-5-3-2-4-17(20)21(26)14-6-9-16(10-7-14)25-13-24-18-12-15(22(23)27)8-11-19(18)25/h2-13,21,26H,1H3,(H2,23,27). The number of hydrogen-bond donors (Lipinski definition) is 2. The summed E-state index contributed by atoms with van der Waals surface area (Å²) in [7, 11) is 1.59. The molecule has 0 saturated carbocycles. The molecular formula is C22H19N3O3. The van der Waals surface area contributed by atoms with Crippen molar-refractivity contribution in [3.8, 4) is 11.4 Å². The summed E-state index contributed by atoms with van der Waals surface area (Å²) in [5, 5.41) is 10.7. The first-order valence-corrected chi connectivity index (χ1v) is 8.76. The summed E-state index contributed by atoms with van der Waals surface area (Å²) in [6.45, 7) is 0. The number of hydrogen-bond acceptors (Lipinski definition) is 4. The zero-order valence-electron chi connectivity index (χ0n) is 15.2. The third kappa shape index (κ3) is 3.10. The van der Waals surface area contributed by atoms with Gasteiger partial charge in [-0.1, -0.05) is 30.3 Å². The maximum absolute atomic E-state index is 11.3. The first-order valence-electron chi connectivity index (χ1n) is 8.76. The second kappa shape index (κ2) is 7.17. The molecule has 3 N–H and O–H groups in total. The van der Waals surface area contributed by atoms with E-state index in [4.69, 9.17) is 10.5 Å². The van der Waals surface area contributed by atoms with Gasteiger partial charge in [-0.3, -0.25) is 9.36 Å². The molecule has 4 aromatic rings. The number of amides is 1. The SMILES string of the molecule is COc1ccccc1C(O)c1ccc(-n2cnc3cc(C(N)=O)ccc32)cc1. The fourth-order valence-electron chi connectivity index (χ4n) is 3.26. The summed E-state index contributed by atoms with van der Waals surface area (Å²) in [6, 6.07) is 20.2. The van der Waals surface area contributed by atoms with Gasteiger partial charge in [-0.25, -0.2) is 4.98 Å². The molecule has 0 fully saturated rings. The van der Waals surface area contributed by atoms with Crippen LogP contribution in [0.3, 0.4) is 0 Å². The van der Waals surface area contributed by atoms with Crippen LogP contribution in [0.4, 0.5) is 0 Å². The lowest BCUT2D eigenvalue weighted by Crippen LogP contribution is -2.10. The molecule has 140 valence electrons. The molecule has 0 saturated heterocycles. The first-order chi connectivity index (χ1) is 13.6. The van der Waals surface area contributed by atoms with Crippen LogP contribution in [-0.2, 0) is 0 Å².